The molecule has 0 radical (unpaired) electrons. The van der Waals surface area contributed by atoms with E-state index in [4.69, 9.17) is 0 Å². The largest absolute Gasteiger partial charge is 0.469 e. The van der Waals surface area contributed by atoms with Crippen molar-refractivity contribution in [1.29, 1.82) is 0 Å². The van der Waals surface area contributed by atoms with Crippen molar-refractivity contribution >= 4 is 0 Å². The van der Waals surface area contributed by atoms with Gasteiger partial charge in [0.05, 0.1) is 0 Å². The number of alkyl halides is 17. The Morgan fingerprint density at radius 1 is 0.360 bits per heavy atom. The van der Waals surface area contributed by atoms with Crippen molar-refractivity contribution in [3.63, 3.8) is 0 Å². The number of hydrogen-bond donors (Lipinski definition) is 0. The Hall–Kier alpha value is -1.23. The van der Waals surface area contributed by atoms with E-state index < -0.39 is 47.5 Å². The van der Waals surface area contributed by atoms with Crippen LogP contribution in [0.25, 0.3) is 0 Å². The molecule has 25 heavy (non-hydrogen) atoms. The second-order valence-electron chi connectivity index (χ2n) is 4.05. The Kier molecular flexibility index (Phi) is 5.36. The predicted molar refractivity (Wildman–Crippen MR) is 39.8 cm³/mol. The molecular formula is C7F17N. The van der Waals surface area contributed by atoms with Crippen molar-refractivity contribution in [2.75, 3.05) is 0 Å². The lowest BCUT2D eigenvalue weighted by atomic mass is 9.93. The molecule has 152 valence electrons. The maximum absolute atomic E-state index is 12.8. The summed E-state index contributed by atoms with van der Waals surface area (Å²) in [7, 11) is 0. The second-order valence-corrected chi connectivity index (χ2v) is 4.05. The lowest BCUT2D eigenvalue weighted by Gasteiger charge is -2.48. The summed E-state index contributed by atoms with van der Waals surface area (Å²) >= 11 is 0. The summed E-state index contributed by atoms with van der Waals surface area (Å²) in [4.78, 5) is -4.94. The lowest BCUT2D eigenvalue weighted by molar-refractivity contribution is -0.519. The molecule has 0 atom stereocenters. The van der Waals surface area contributed by atoms with Gasteiger partial charge in [-0.25, -0.2) is 0 Å². The van der Waals surface area contributed by atoms with Crippen LogP contribution in [-0.4, -0.2) is 47.5 Å². The van der Waals surface area contributed by atoms with Gasteiger partial charge in [0.25, 0.3) is 0 Å². The van der Waals surface area contributed by atoms with E-state index >= 15 is 0 Å². The molecule has 0 bridgehead atoms. The van der Waals surface area contributed by atoms with Crippen LogP contribution >= 0.6 is 0 Å². The van der Waals surface area contributed by atoms with Gasteiger partial charge in [-0.15, -0.1) is 4.90 Å². The summed E-state index contributed by atoms with van der Waals surface area (Å²) in [5.41, 5.74) is -8.61. The summed E-state index contributed by atoms with van der Waals surface area (Å²) in [6, 6.07) is -8.26. The molecule has 0 heterocycles. The summed E-state index contributed by atoms with van der Waals surface area (Å²) in [6.45, 7) is 0. The van der Waals surface area contributed by atoms with Crippen molar-refractivity contribution in [2.24, 2.45) is 0 Å². The summed E-state index contributed by atoms with van der Waals surface area (Å²) in [5, 5.41) is 0. The maximum Gasteiger partial charge on any atom is 0.469 e. The Morgan fingerprint density at radius 2 is 0.600 bits per heavy atom. The molecule has 0 aromatic heterocycles. The van der Waals surface area contributed by atoms with Crippen molar-refractivity contribution in [3.05, 3.63) is 0 Å². The minimum absolute atomic E-state index is 4.94. The Labute approximate surface area is 124 Å². The van der Waals surface area contributed by atoms with Gasteiger partial charge >= 0.3 is 42.6 Å². The van der Waals surface area contributed by atoms with Gasteiger partial charge in [-0.2, -0.15) is 74.6 Å². The smallest absolute Gasteiger partial charge is 0.177 e. The molecule has 0 aromatic rings. The zero-order valence-corrected chi connectivity index (χ0v) is 10.4. The zero-order chi connectivity index (χ0) is 21.1. The second kappa shape index (κ2) is 5.63. The van der Waals surface area contributed by atoms with E-state index in [1.807, 2.05) is 0 Å². The van der Waals surface area contributed by atoms with Gasteiger partial charge in [0.2, 0.25) is 0 Å². The fraction of sp³-hybridized carbons (Fsp3) is 1.00. The fourth-order valence-corrected chi connectivity index (χ4v) is 1.55. The molecule has 0 aliphatic heterocycles. The Morgan fingerprint density at radius 3 is 0.720 bits per heavy atom. The van der Waals surface area contributed by atoms with Gasteiger partial charge in [0, 0.05) is 0 Å². The molecule has 0 aliphatic rings. The molecule has 0 fully saturated rings. The SMILES string of the molecule is FC(F)(F)N(C(F)(F)C(F)(F)F)C(C(F)(F)F)(C(F)(F)F)C(F)(F)F. The topological polar surface area (TPSA) is 3.24 Å². The molecule has 18 heteroatoms. The highest BCUT2D eigenvalue weighted by Crippen LogP contribution is 2.62. The van der Waals surface area contributed by atoms with Gasteiger partial charge in [-0.05, 0) is 0 Å². The molecule has 0 aliphatic carbocycles. The van der Waals surface area contributed by atoms with Gasteiger partial charge in [-0.3, -0.25) is 0 Å². The number of nitrogens with zero attached hydrogens (tertiary/aromatic N) is 1. The van der Waals surface area contributed by atoms with Crippen molar-refractivity contribution < 1.29 is 74.6 Å². The van der Waals surface area contributed by atoms with E-state index in [-0.39, 0.29) is 0 Å². The van der Waals surface area contributed by atoms with Crippen molar-refractivity contribution in [1.82, 2.24) is 4.90 Å². The normalized spacial score (nSPS) is 16.6. The average Bonchev–Trinajstić information content (AvgIpc) is 2.15. The first-order chi connectivity index (χ1) is 10.4. The van der Waals surface area contributed by atoms with Gasteiger partial charge in [-0.1, -0.05) is 0 Å². The molecule has 1 nitrogen and oxygen atoms in total. The minimum Gasteiger partial charge on any atom is -0.177 e. The van der Waals surface area contributed by atoms with Crippen molar-refractivity contribution in [2.45, 2.75) is 42.6 Å². The summed E-state index contributed by atoms with van der Waals surface area (Å²) in [5.74, 6) is 0. The molecular weight excluding hydrogens is 421 g/mol. The molecule has 0 saturated heterocycles. The lowest BCUT2D eigenvalue weighted by Crippen LogP contribution is -2.82. The first-order valence-corrected chi connectivity index (χ1v) is 4.88. The van der Waals surface area contributed by atoms with Crippen LogP contribution in [-0.2, 0) is 0 Å². The fourth-order valence-electron chi connectivity index (χ4n) is 1.55. The highest BCUT2D eigenvalue weighted by atomic mass is 19.4. The quantitative estimate of drug-likeness (QED) is 0.427. The zero-order valence-electron chi connectivity index (χ0n) is 10.4. The van der Waals surface area contributed by atoms with E-state index in [2.05, 4.69) is 0 Å². The first kappa shape index (κ1) is 23.8. The molecule has 0 aromatic carbocycles. The predicted octanol–water partition coefficient (Wildman–Crippen LogP) is 5.39. The van der Waals surface area contributed by atoms with Crippen LogP contribution < -0.4 is 0 Å². The molecule has 0 N–H and O–H groups in total. The van der Waals surface area contributed by atoms with E-state index in [0.29, 0.717) is 0 Å². The molecule has 0 amide bonds. The van der Waals surface area contributed by atoms with Crippen LogP contribution in [0.1, 0.15) is 0 Å². The minimum atomic E-state index is -8.61. The van der Waals surface area contributed by atoms with E-state index in [1.54, 1.807) is 0 Å². The number of hydrogen-bond acceptors (Lipinski definition) is 1. The van der Waals surface area contributed by atoms with Crippen LogP contribution in [0, 0.1) is 0 Å². The molecule has 0 saturated carbocycles. The van der Waals surface area contributed by atoms with Gasteiger partial charge < -0.3 is 0 Å². The van der Waals surface area contributed by atoms with Crippen LogP contribution in [0.4, 0.5) is 74.6 Å². The summed E-state index contributed by atoms with van der Waals surface area (Å²) in [6.07, 6.45) is -41.0. The van der Waals surface area contributed by atoms with E-state index in [9.17, 15) is 74.6 Å². The summed E-state index contributed by atoms with van der Waals surface area (Å²) < 4.78 is 210. The van der Waals surface area contributed by atoms with Crippen LogP contribution in [0.3, 0.4) is 0 Å². The van der Waals surface area contributed by atoms with Crippen LogP contribution in [0.15, 0.2) is 0 Å². The number of halogens is 17. The third-order valence-corrected chi connectivity index (χ3v) is 2.44. The van der Waals surface area contributed by atoms with E-state index in [1.165, 1.54) is 0 Å². The highest BCUT2D eigenvalue weighted by molar-refractivity contribution is 5.12. The standard InChI is InChI=1S/C7F17N/c8-2(9,10)1(3(11,12)13,4(14,15)16)25(7(22,23)24)6(20,21)5(17,18)19. The average molecular weight is 421 g/mol. The van der Waals surface area contributed by atoms with Crippen LogP contribution in [0.5, 0.6) is 0 Å². The third kappa shape index (κ3) is 3.53. The van der Waals surface area contributed by atoms with Crippen molar-refractivity contribution in [3.8, 4) is 0 Å². The van der Waals surface area contributed by atoms with Gasteiger partial charge in [0.1, 0.15) is 0 Å². The highest BCUT2D eigenvalue weighted by Gasteiger charge is 2.94. The van der Waals surface area contributed by atoms with E-state index in [0.717, 1.165) is 0 Å². The van der Waals surface area contributed by atoms with Crippen LogP contribution in [0.2, 0.25) is 0 Å². The first-order valence-electron chi connectivity index (χ1n) is 4.88. The third-order valence-electron chi connectivity index (χ3n) is 2.44. The molecule has 0 rings (SSSR count). The number of rotatable bonds is 2. The monoisotopic (exact) mass is 421 g/mol. The Balaban J connectivity index is 7.41. The molecule has 0 unspecified atom stereocenters. The van der Waals surface area contributed by atoms with Gasteiger partial charge in [0.15, 0.2) is 0 Å². The Bertz CT molecular complexity index is 432. The molecule has 0 spiro atoms. The maximum atomic E-state index is 12.8.